The normalized spacial score (nSPS) is 10.9. The molecule has 1 amide bonds. The van der Waals surface area contributed by atoms with Gasteiger partial charge in [-0.2, -0.15) is 5.10 Å². The van der Waals surface area contributed by atoms with Gasteiger partial charge in [-0.25, -0.2) is 9.37 Å². The zero-order valence-corrected chi connectivity index (χ0v) is 15.0. The number of hydrogen-bond donors (Lipinski definition) is 1. The summed E-state index contributed by atoms with van der Waals surface area (Å²) in [7, 11) is 1.60. The van der Waals surface area contributed by atoms with Crippen molar-refractivity contribution in [2.75, 3.05) is 5.32 Å². The molecular formula is C20H16FN5O2. The summed E-state index contributed by atoms with van der Waals surface area (Å²) in [5.74, 6) is -1.19. The summed E-state index contributed by atoms with van der Waals surface area (Å²) >= 11 is 0. The van der Waals surface area contributed by atoms with Crippen LogP contribution in [0.5, 0.6) is 0 Å². The molecule has 0 unspecified atom stereocenters. The number of nitrogens with zero attached hydrogens (tertiary/aromatic N) is 4. The zero-order valence-electron chi connectivity index (χ0n) is 15.0. The Bertz CT molecular complexity index is 1230. The molecular weight excluding hydrogens is 361 g/mol. The Hall–Kier alpha value is -3.81. The van der Waals surface area contributed by atoms with E-state index in [0.717, 1.165) is 11.6 Å². The second kappa shape index (κ2) is 7.07. The van der Waals surface area contributed by atoms with Gasteiger partial charge in [0.1, 0.15) is 5.82 Å². The van der Waals surface area contributed by atoms with Crippen molar-refractivity contribution in [1.29, 1.82) is 0 Å². The van der Waals surface area contributed by atoms with Crippen LogP contribution >= 0.6 is 0 Å². The van der Waals surface area contributed by atoms with Crippen LogP contribution in [0.15, 0.2) is 66.0 Å². The van der Waals surface area contributed by atoms with Crippen molar-refractivity contribution in [2.24, 2.45) is 7.05 Å². The quantitative estimate of drug-likeness (QED) is 0.593. The van der Waals surface area contributed by atoms with Crippen molar-refractivity contribution in [2.45, 2.75) is 6.54 Å². The molecule has 28 heavy (non-hydrogen) atoms. The minimum atomic E-state index is -0.647. The SMILES string of the molecule is Cn1nc(C(=O)Nc2cccc(Cn3ccnc3)c2)c(=O)c2cc(F)ccc21. The van der Waals surface area contributed by atoms with Crippen molar-refractivity contribution in [1.82, 2.24) is 19.3 Å². The smallest absolute Gasteiger partial charge is 0.280 e. The maximum Gasteiger partial charge on any atom is 0.280 e. The van der Waals surface area contributed by atoms with E-state index < -0.39 is 17.2 Å². The van der Waals surface area contributed by atoms with Crippen LogP contribution in [-0.4, -0.2) is 25.2 Å². The first-order valence-corrected chi connectivity index (χ1v) is 8.54. The predicted molar refractivity (Wildman–Crippen MR) is 103 cm³/mol. The van der Waals surface area contributed by atoms with E-state index in [0.29, 0.717) is 17.7 Å². The fourth-order valence-corrected chi connectivity index (χ4v) is 3.03. The monoisotopic (exact) mass is 377 g/mol. The fraction of sp³-hybridized carbons (Fsp3) is 0.100. The average Bonchev–Trinajstić information content (AvgIpc) is 3.17. The number of aromatic nitrogens is 4. The number of aryl methyl sites for hydroxylation is 1. The molecule has 0 aliphatic heterocycles. The van der Waals surface area contributed by atoms with Crippen molar-refractivity contribution < 1.29 is 9.18 Å². The summed E-state index contributed by atoms with van der Waals surface area (Å²) in [5, 5.41) is 6.87. The molecule has 140 valence electrons. The lowest BCUT2D eigenvalue weighted by atomic mass is 10.1. The van der Waals surface area contributed by atoms with Crippen LogP contribution in [0.2, 0.25) is 0 Å². The third kappa shape index (κ3) is 3.39. The summed E-state index contributed by atoms with van der Waals surface area (Å²) in [6.07, 6.45) is 5.23. The molecule has 1 N–H and O–H groups in total. The van der Waals surface area contributed by atoms with Crippen LogP contribution in [0.4, 0.5) is 10.1 Å². The van der Waals surface area contributed by atoms with E-state index in [2.05, 4.69) is 15.4 Å². The molecule has 0 aliphatic rings. The first kappa shape index (κ1) is 17.6. The molecule has 0 spiro atoms. The number of rotatable bonds is 4. The average molecular weight is 377 g/mol. The number of carbonyl (C=O) groups excluding carboxylic acids is 1. The van der Waals surface area contributed by atoms with Crippen LogP contribution in [-0.2, 0) is 13.6 Å². The van der Waals surface area contributed by atoms with Crippen molar-refractivity contribution in [3.8, 4) is 0 Å². The van der Waals surface area contributed by atoms with Crippen molar-refractivity contribution >= 4 is 22.5 Å². The number of hydrogen-bond acceptors (Lipinski definition) is 4. The highest BCUT2D eigenvalue weighted by molar-refractivity contribution is 6.04. The molecule has 7 nitrogen and oxygen atoms in total. The maximum atomic E-state index is 13.6. The molecule has 2 heterocycles. The van der Waals surface area contributed by atoms with Gasteiger partial charge in [0.2, 0.25) is 5.43 Å². The topological polar surface area (TPSA) is 81.8 Å². The molecule has 0 radical (unpaired) electrons. The molecule has 0 fully saturated rings. The van der Waals surface area contributed by atoms with E-state index in [1.807, 2.05) is 29.0 Å². The Labute approximate surface area is 159 Å². The molecule has 4 rings (SSSR count). The predicted octanol–water partition coefficient (Wildman–Crippen LogP) is 2.57. The van der Waals surface area contributed by atoms with E-state index in [4.69, 9.17) is 0 Å². The summed E-state index contributed by atoms with van der Waals surface area (Å²) in [5.41, 5.74) is 1.04. The lowest BCUT2D eigenvalue weighted by Gasteiger charge is -2.10. The number of halogens is 1. The second-order valence-corrected chi connectivity index (χ2v) is 6.35. The maximum absolute atomic E-state index is 13.6. The summed E-state index contributed by atoms with van der Waals surface area (Å²) < 4.78 is 16.8. The number of carbonyl (C=O) groups is 1. The van der Waals surface area contributed by atoms with Crippen molar-refractivity contribution in [3.05, 3.63) is 88.5 Å². The van der Waals surface area contributed by atoms with Gasteiger partial charge in [0.15, 0.2) is 5.69 Å². The third-order valence-electron chi connectivity index (χ3n) is 4.34. The number of fused-ring (bicyclic) bond motifs is 1. The number of nitrogens with one attached hydrogen (secondary N) is 1. The zero-order chi connectivity index (χ0) is 19.7. The largest absolute Gasteiger partial charge is 0.333 e. The first-order valence-electron chi connectivity index (χ1n) is 8.54. The van der Waals surface area contributed by atoms with Gasteiger partial charge >= 0.3 is 0 Å². The lowest BCUT2D eigenvalue weighted by molar-refractivity contribution is 0.101. The Balaban J connectivity index is 1.64. The van der Waals surface area contributed by atoms with E-state index >= 15 is 0 Å². The van der Waals surface area contributed by atoms with Gasteiger partial charge in [-0.05, 0) is 35.9 Å². The van der Waals surface area contributed by atoms with Crippen LogP contribution in [0.25, 0.3) is 10.9 Å². The lowest BCUT2D eigenvalue weighted by Crippen LogP contribution is -2.26. The molecule has 0 saturated carbocycles. The Morgan fingerprint density at radius 1 is 1.21 bits per heavy atom. The molecule has 8 heteroatoms. The molecule has 4 aromatic rings. The Morgan fingerprint density at radius 3 is 2.86 bits per heavy atom. The van der Waals surface area contributed by atoms with Gasteiger partial charge in [-0.1, -0.05) is 12.1 Å². The first-order chi connectivity index (χ1) is 13.5. The number of benzene rings is 2. The van der Waals surface area contributed by atoms with Crippen LogP contribution in [0.3, 0.4) is 0 Å². The summed E-state index contributed by atoms with van der Waals surface area (Å²) in [6.45, 7) is 0.596. The highest BCUT2D eigenvalue weighted by Crippen LogP contribution is 2.14. The third-order valence-corrected chi connectivity index (χ3v) is 4.34. The van der Waals surface area contributed by atoms with Gasteiger partial charge in [-0.3, -0.25) is 14.3 Å². The van der Waals surface area contributed by atoms with E-state index in [-0.39, 0.29) is 11.1 Å². The van der Waals surface area contributed by atoms with Gasteiger partial charge in [-0.15, -0.1) is 0 Å². The fourth-order valence-electron chi connectivity index (χ4n) is 3.03. The summed E-state index contributed by atoms with van der Waals surface area (Å²) in [4.78, 5) is 29.3. The van der Waals surface area contributed by atoms with Crippen LogP contribution in [0, 0.1) is 5.82 Å². The van der Waals surface area contributed by atoms with Gasteiger partial charge < -0.3 is 9.88 Å². The van der Waals surface area contributed by atoms with Crippen LogP contribution in [0.1, 0.15) is 16.1 Å². The van der Waals surface area contributed by atoms with Gasteiger partial charge in [0.25, 0.3) is 5.91 Å². The standard InChI is InChI=1S/C20H16FN5O2/c1-25-17-6-5-14(21)10-16(17)19(27)18(24-25)20(28)23-15-4-2-3-13(9-15)11-26-8-7-22-12-26/h2-10,12H,11H2,1H3,(H,23,28). The number of amides is 1. The number of anilines is 1. The number of imidazole rings is 1. The highest BCUT2D eigenvalue weighted by atomic mass is 19.1. The molecule has 2 aromatic carbocycles. The van der Waals surface area contributed by atoms with E-state index in [9.17, 15) is 14.0 Å². The van der Waals surface area contributed by atoms with Gasteiger partial charge in [0, 0.05) is 31.7 Å². The molecule has 0 saturated heterocycles. The van der Waals surface area contributed by atoms with E-state index in [1.165, 1.54) is 16.8 Å². The second-order valence-electron chi connectivity index (χ2n) is 6.35. The molecule has 0 atom stereocenters. The Morgan fingerprint density at radius 2 is 2.07 bits per heavy atom. The molecule has 0 bridgehead atoms. The minimum Gasteiger partial charge on any atom is -0.333 e. The van der Waals surface area contributed by atoms with Gasteiger partial charge in [0.05, 0.1) is 17.2 Å². The van der Waals surface area contributed by atoms with Crippen molar-refractivity contribution in [3.63, 3.8) is 0 Å². The Kier molecular flexibility index (Phi) is 4.44. The summed E-state index contributed by atoms with van der Waals surface area (Å²) in [6, 6.07) is 11.1. The van der Waals surface area contributed by atoms with E-state index in [1.54, 1.807) is 25.6 Å². The minimum absolute atomic E-state index is 0.108. The highest BCUT2D eigenvalue weighted by Gasteiger charge is 2.17. The molecule has 0 aliphatic carbocycles. The van der Waals surface area contributed by atoms with Crippen LogP contribution < -0.4 is 10.7 Å². The molecule has 2 aromatic heterocycles.